The number of hydrogen-bond acceptors (Lipinski definition) is 4. The second-order valence-electron chi connectivity index (χ2n) is 8.17. The number of benzene rings is 2. The first-order valence-corrected chi connectivity index (χ1v) is 13.0. The van der Waals surface area contributed by atoms with E-state index in [4.69, 9.17) is 0 Å². The van der Waals surface area contributed by atoms with E-state index < -0.39 is 15.9 Å². The van der Waals surface area contributed by atoms with Crippen LogP contribution in [0.5, 0.6) is 0 Å². The summed E-state index contributed by atoms with van der Waals surface area (Å²) in [6, 6.07) is 10.7. The van der Waals surface area contributed by atoms with Gasteiger partial charge in [-0.1, -0.05) is 31.3 Å². The molecule has 170 valence electrons. The topological polar surface area (TPSA) is 71.7 Å². The molecule has 1 amide bonds. The van der Waals surface area contributed by atoms with Gasteiger partial charge in [0.1, 0.15) is 5.82 Å². The minimum atomic E-state index is -3.58. The van der Waals surface area contributed by atoms with Crippen molar-refractivity contribution in [2.24, 2.45) is 10.9 Å². The average molecular weight is 476 g/mol. The number of aryl methyl sites for hydroxylation is 1. The zero-order valence-electron chi connectivity index (χ0n) is 18.1. The molecule has 2 aromatic carbocycles. The number of piperidine rings is 1. The Morgan fingerprint density at radius 2 is 1.97 bits per heavy atom. The van der Waals surface area contributed by atoms with Crippen LogP contribution in [0, 0.1) is 11.7 Å². The van der Waals surface area contributed by atoms with Gasteiger partial charge in [0.25, 0.3) is 5.91 Å². The van der Waals surface area contributed by atoms with Crippen LogP contribution in [-0.2, 0) is 16.6 Å². The first-order chi connectivity index (χ1) is 15.3. The van der Waals surface area contributed by atoms with Crippen LogP contribution in [0.25, 0.3) is 10.2 Å². The lowest BCUT2D eigenvalue weighted by molar-refractivity contribution is 0.0997. The number of amides is 1. The first-order valence-electron chi connectivity index (χ1n) is 10.8. The Hall–Kier alpha value is -2.36. The van der Waals surface area contributed by atoms with Crippen LogP contribution < -0.4 is 4.80 Å². The van der Waals surface area contributed by atoms with Gasteiger partial charge in [-0.05, 0) is 61.6 Å². The Morgan fingerprint density at radius 1 is 1.22 bits per heavy atom. The molecule has 1 fully saturated rings. The lowest BCUT2D eigenvalue weighted by Gasteiger charge is -2.30. The van der Waals surface area contributed by atoms with Crippen molar-refractivity contribution in [3.63, 3.8) is 0 Å². The fourth-order valence-corrected chi connectivity index (χ4v) is 6.71. The van der Waals surface area contributed by atoms with Gasteiger partial charge >= 0.3 is 0 Å². The number of hydrogen-bond donors (Lipinski definition) is 0. The lowest BCUT2D eigenvalue weighted by atomic mass is 10.0. The van der Waals surface area contributed by atoms with E-state index in [2.05, 4.69) is 11.9 Å². The van der Waals surface area contributed by atoms with Crippen LogP contribution >= 0.6 is 11.3 Å². The molecule has 0 spiro atoms. The predicted molar refractivity (Wildman–Crippen MR) is 124 cm³/mol. The summed E-state index contributed by atoms with van der Waals surface area (Å²) in [6.07, 6.45) is 2.65. The average Bonchev–Trinajstić information content (AvgIpc) is 3.12. The summed E-state index contributed by atoms with van der Waals surface area (Å²) in [5.41, 5.74) is 0.736. The molecule has 1 unspecified atom stereocenters. The number of halogens is 1. The van der Waals surface area contributed by atoms with E-state index in [1.807, 2.05) is 6.92 Å². The number of para-hydroxylation sites is 1. The monoisotopic (exact) mass is 475 g/mol. The normalized spacial score (nSPS) is 18.3. The molecule has 2 heterocycles. The van der Waals surface area contributed by atoms with Crippen LogP contribution in [0.1, 0.15) is 43.5 Å². The van der Waals surface area contributed by atoms with E-state index in [-0.39, 0.29) is 16.3 Å². The van der Waals surface area contributed by atoms with E-state index in [1.165, 1.54) is 46.0 Å². The van der Waals surface area contributed by atoms with Crippen molar-refractivity contribution >= 4 is 37.5 Å². The van der Waals surface area contributed by atoms with Crippen molar-refractivity contribution < 1.29 is 17.6 Å². The van der Waals surface area contributed by atoms with Gasteiger partial charge in [0.15, 0.2) is 4.80 Å². The second kappa shape index (κ2) is 9.25. The molecule has 1 saturated heterocycles. The third-order valence-corrected chi connectivity index (χ3v) is 8.58. The minimum Gasteiger partial charge on any atom is -0.314 e. The summed E-state index contributed by atoms with van der Waals surface area (Å²) in [6.45, 7) is 5.60. The minimum absolute atomic E-state index is 0.174. The number of fused-ring (bicyclic) bond motifs is 1. The molecule has 0 saturated carbocycles. The molecule has 0 radical (unpaired) electrons. The first kappa shape index (κ1) is 22.8. The zero-order valence-corrected chi connectivity index (χ0v) is 19.8. The third-order valence-electron chi connectivity index (χ3n) is 5.66. The fraction of sp³-hybridized carbons (Fsp3) is 0.391. The van der Waals surface area contributed by atoms with Crippen LogP contribution in [-0.4, -0.2) is 36.3 Å². The van der Waals surface area contributed by atoms with Crippen molar-refractivity contribution in [3.8, 4) is 0 Å². The maximum atomic E-state index is 14.4. The summed E-state index contributed by atoms with van der Waals surface area (Å²) in [5.74, 6) is -0.501. The SMILES string of the molecule is CCCn1c(=NC(=O)c2ccc(S(=O)(=O)N3CCCC(C)C3)cc2)sc2cccc(F)c21. The molecule has 0 N–H and O–H groups in total. The smallest absolute Gasteiger partial charge is 0.279 e. The van der Waals surface area contributed by atoms with E-state index in [0.717, 1.165) is 24.0 Å². The van der Waals surface area contributed by atoms with E-state index in [1.54, 1.807) is 16.7 Å². The van der Waals surface area contributed by atoms with Gasteiger partial charge in [-0.25, -0.2) is 12.8 Å². The number of thiazole rings is 1. The van der Waals surface area contributed by atoms with Gasteiger partial charge in [-0.2, -0.15) is 9.30 Å². The number of sulfonamides is 1. The van der Waals surface area contributed by atoms with Crippen LogP contribution in [0.15, 0.2) is 52.4 Å². The van der Waals surface area contributed by atoms with Crippen molar-refractivity contribution in [2.45, 2.75) is 44.6 Å². The lowest BCUT2D eigenvalue weighted by Crippen LogP contribution is -2.39. The number of aromatic nitrogens is 1. The molecule has 1 atom stereocenters. The number of nitrogens with zero attached hydrogens (tertiary/aromatic N) is 3. The molecule has 4 rings (SSSR count). The summed E-state index contributed by atoms with van der Waals surface area (Å²) < 4.78 is 44.2. The summed E-state index contributed by atoms with van der Waals surface area (Å²) in [5, 5.41) is 0. The zero-order chi connectivity index (χ0) is 22.9. The second-order valence-corrected chi connectivity index (χ2v) is 11.1. The van der Waals surface area contributed by atoms with Gasteiger partial charge < -0.3 is 4.57 Å². The van der Waals surface area contributed by atoms with Gasteiger partial charge in [0.05, 0.1) is 15.1 Å². The molecule has 32 heavy (non-hydrogen) atoms. The number of carbonyl (C=O) groups is 1. The van der Waals surface area contributed by atoms with E-state index in [9.17, 15) is 17.6 Å². The molecule has 1 aromatic heterocycles. The molecule has 0 bridgehead atoms. The Kier molecular flexibility index (Phi) is 6.60. The van der Waals surface area contributed by atoms with E-state index >= 15 is 0 Å². The molecule has 1 aliphatic heterocycles. The fourth-order valence-electron chi connectivity index (χ4n) is 4.04. The Balaban J connectivity index is 1.64. The highest BCUT2D eigenvalue weighted by Gasteiger charge is 2.28. The standard InChI is InChI=1S/C23H26FN3O3S2/c1-3-13-27-21-19(24)7-4-8-20(21)31-23(27)25-22(28)17-9-11-18(12-10-17)32(29,30)26-14-5-6-16(2)15-26/h4,7-12,16H,3,5-6,13-15H2,1-2H3. The van der Waals surface area contributed by atoms with Crippen LogP contribution in [0.4, 0.5) is 4.39 Å². The molecule has 0 aliphatic carbocycles. The highest BCUT2D eigenvalue weighted by molar-refractivity contribution is 7.89. The molecule has 1 aliphatic rings. The quantitative estimate of drug-likeness (QED) is 0.549. The van der Waals surface area contributed by atoms with E-state index in [0.29, 0.717) is 35.9 Å². The molecular formula is C23H26FN3O3S2. The number of rotatable bonds is 5. The molecular weight excluding hydrogens is 449 g/mol. The summed E-state index contributed by atoms with van der Waals surface area (Å²) >= 11 is 1.26. The molecule has 9 heteroatoms. The Labute approximate surface area is 191 Å². The van der Waals surface area contributed by atoms with Gasteiger partial charge in [0.2, 0.25) is 10.0 Å². The van der Waals surface area contributed by atoms with Gasteiger partial charge in [0, 0.05) is 25.2 Å². The van der Waals surface area contributed by atoms with Gasteiger partial charge in [-0.15, -0.1) is 0 Å². The largest absolute Gasteiger partial charge is 0.314 e. The summed E-state index contributed by atoms with van der Waals surface area (Å²) in [7, 11) is -3.58. The summed E-state index contributed by atoms with van der Waals surface area (Å²) in [4.78, 5) is 17.6. The van der Waals surface area contributed by atoms with Gasteiger partial charge in [-0.3, -0.25) is 4.79 Å². The van der Waals surface area contributed by atoms with Crippen molar-refractivity contribution in [1.82, 2.24) is 8.87 Å². The van der Waals surface area contributed by atoms with Crippen molar-refractivity contribution in [3.05, 3.63) is 58.6 Å². The van der Waals surface area contributed by atoms with Crippen LogP contribution in [0.3, 0.4) is 0 Å². The Bertz CT molecular complexity index is 1310. The predicted octanol–water partition coefficient (Wildman–Crippen LogP) is 4.41. The highest BCUT2D eigenvalue weighted by Crippen LogP contribution is 2.24. The van der Waals surface area contributed by atoms with Crippen molar-refractivity contribution in [1.29, 1.82) is 0 Å². The van der Waals surface area contributed by atoms with Crippen molar-refractivity contribution in [2.75, 3.05) is 13.1 Å². The third kappa shape index (κ3) is 4.42. The molecule has 6 nitrogen and oxygen atoms in total. The maximum Gasteiger partial charge on any atom is 0.279 e. The Morgan fingerprint density at radius 3 is 2.66 bits per heavy atom. The highest BCUT2D eigenvalue weighted by atomic mass is 32.2. The maximum absolute atomic E-state index is 14.4. The van der Waals surface area contributed by atoms with Crippen LogP contribution in [0.2, 0.25) is 0 Å². The number of carbonyl (C=O) groups excluding carboxylic acids is 1. The molecule has 3 aromatic rings.